The fourth-order valence-electron chi connectivity index (χ4n) is 2.28. The van der Waals surface area contributed by atoms with Crippen molar-refractivity contribution in [1.82, 2.24) is 0 Å². The number of carbonyl (C=O) groups is 1. The maximum absolute atomic E-state index is 13.5. The van der Waals surface area contributed by atoms with Crippen molar-refractivity contribution >= 4 is 5.97 Å². The van der Waals surface area contributed by atoms with Crippen LogP contribution in [0.25, 0.3) is 0 Å². The van der Waals surface area contributed by atoms with Crippen LogP contribution in [0, 0.1) is 0 Å². The molecule has 0 N–H and O–H groups in total. The zero-order valence-corrected chi connectivity index (χ0v) is 19.0. The van der Waals surface area contributed by atoms with Gasteiger partial charge in [-0.2, -0.15) is 119 Å². The van der Waals surface area contributed by atoms with Crippen LogP contribution < -0.4 is 24.0 Å². The van der Waals surface area contributed by atoms with Crippen molar-refractivity contribution in [3.05, 3.63) is 0 Å². The molecule has 0 amide bonds. The van der Waals surface area contributed by atoms with Crippen molar-refractivity contribution in [1.29, 1.82) is 0 Å². The maximum Gasteiger partial charge on any atom is 1.00 e. The monoisotopic (exact) mass is 720 g/mol. The molecule has 44 heavy (non-hydrogen) atoms. The molecular weight excluding hydrogens is 720 g/mol. The first-order valence-corrected chi connectivity index (χ1v) is 8.76. The van der Waals surface area contributed by atoms with Crippen molar-refractivity contribution in [2.75, 3.05) is 0 Å². The normalized spacial score (nSPS) is 16.5. The first-order chi connectivity index (χ1) is 17.9. The number of hydrogen-bond donors (Lipinski definition) is 0. The molecule has 0 spiro atoms. The predicted octanol–water partition coefficient (Wildman–Crippen LogP) is 3.93. The van der Waals surface area contributed by atoms with E-state index in [9.17, 15) is 128 Å². The van der Waals surface area contributed by atoms with Gasteiger partial charge in [0.1, 0.15) is 5.97 Å². The van der Waals surface area contributed by atoms with Gasteiger partial charge < -0.3 is 9.90 Å². The largest absolute Gasteiger partial charge is 1.00 e. The molecule has 258 valence electrons. The Morgan fingerprint density at radius 1 is 0.295 bits per heavy atom. The summed E-state index contributed by atoms with van der Waals surface area (Å²) in [7, 11) is 0. The summed E-state index contributed by atoms with van der Waals surface area (Å²) in [4.78, 5) is 9.78. The zero-order chi connectivity index (χ0) is 36.1. The first kappa shape index (κ1) is 44.3. The summed E-state index contributed by atoms with van der Waals surface area (Å²) in [6, 6.07) is 0. The van der Waals surface area contributed by atoms with Crippen molar-refractivity contribution in [2.24, 2.45) is 0 Å². The average Bonchev–Trinajstić information content (AvgIpc) is 2.76. The second kappa shape index (κ2) is 10.6. The number of carbonyl (C=O) groups excluding carboxylic acids is 1. The summed E-state index contributed by atoms with van der Waals surface area (Å²) in [5.74, 6) is -117. The third-order valence-electron chi connectivity index (χ3n) is 4.95. The van der Waals surface area contributed by atoms with Crippen molar-refractivity contribution in [2.45, 2.75) is 77.2 Å². The molecule has 0 aliphatic carbocycles. The van der Waals surface area contributed by atoms with Gasteiger partial charge in [-0.1, -0.05) is 0 Å². The quantitative estimate of drug-likeness (QED) is 0.227. The summed E-state index contributed by atoms with van der Waals surface area (Å²) in [6.07, 6.45) is -8.27. The molecule has 0 heterocycles. The number of aliphatic carboxylic acids is 1. The molecule has 2 nitrogen and oxygen atoms in total. The minimum absolute atomic E-state index is 0. The number of rotatable bonds is 12. The van der Waals surface area contributed by atoms with Gasteiger partial charge in [0.05, 0.1) is 0 Å². The molecule has 0 aromatic carbocycles. The van der Waals surface area contributed by atoms with E-state index in [1.807, 2.05) is 0 Å². The van der Waals surface area contributed by atoms with E-state index in [1.54, 1.807) is 0 Å². The number of carboxylic acid groups (broad SMARTS) is 1. The van der Waals surface area contributed by atoms with Crippen LogP contribution in [0.3, 0.4) is 0 Å². The Labute approximate surface area is 231 Å². The molecule has 0 unspecified atom stereocenters. The van der Waals surface area contributed by atoms with Gasteiger partial charge in [-0.15, -0.1) is 0 Å². The third-order valence-corrected chi connectivity index (χ3v) is 4.95. The van der Waals surface area contributed by atoms with E-state index in [0.717, 1.165) is 0 Å². The van der Waals surface area contributed by atoms with Crippen LogP contribution in [0.4, 0.5) is 119 Å². The Morgan fingerprint density at radius 2 is 0.432 bits per heavy atom. The number of hydrogen-bond acceptors (Lipinski definition) is 2. The van der Waals surface area contributed by atoms with Crippen molar-refractivity contribution < 1.29 is 147 Å². The van der Waals surface area contributed by atoms with Gasteiger partial charge in [-0.3, -0.25) is 0 Å². The Balaban J connectivity index is 0. The number of halogens is 27. The van der Waals surface area contributed by atoms with Crippen LogP contribution in [0.5, 0.6) is 0 Å². The molecule has 0 fully saturated rings. The second-order valence-corrected chi connectivity index (χ2v) is 7.68. The second-order valence-electron chi connectivity index (χ2n) is 7.68. The van der Waals surface area contributed by atoms with Gasteiger partial charge in [0.15, 0.2) is 0 Å². The number of carboxylic acids is 1. The summed E-state index contributed by atoms with van der Waals surface area (Å²) in [6.45, 7) is 0. The van der Waals surface area contributed by atoms with Crippen LogP contribution in [0.1, 0.15) is 0 Å². The zero-order valence-electron chi connectivity index (χ0n) is 19.0. The van der Waals surface area contributed by atoms with Crippen LogP contribution in [-0.4, -0.2) is 83.2 Å². The Morgan fingerprint density at radius 3 is 0.568 bits per heavy atom. The van der Waals surface area contributed by atoms with E-state index < -0.39 is 83.2 Å². The molecule has 0 rings (SSSR count). The summed E-state index contributed by atoms with van der Waals surface area (Å²) in [5.41, 5.74) is 0. The third kappa shape index (κ3) is 4.90. The minimum atomic E-state index is -9.87. The van der Waals surface area contributed by atoms with Crippen LogP contribution in [0.15, 0.2) is 0 Å². The van der Waals surface area contributed by atoms with E-state index in [2.05, 4.69) is 0 Å². The first-order valence-electron chi connectivity index (χ1n) is 8.76. The van der Waals surface area contributed by atoms with Crippen molar-refractivity contribution in [3.8, 4) is 0 Å². The van der Waals surface area contributed by atoms with E-state index in [-0.39, 0.29) is 18.9 Å². The molecule has 0 aliphatic rings. The molecule has 0 atom stereocenters. The van der Waals surface area contributed by atoms with Crippen LogP contribution in [0.2, 0.25) is 0 Å². The predicted molar refractivity (Wildman–Crippen MR) is 70.4 cm³/mol. The summed E-state index contributed by atoms with van der Waals surface area (Å²) in [5, 5.41) is 9.78. The Kier molecular flexibility index (Phi) is 10.7. The van der Waals surface area contributed by atoms with Gasteiger partial charge in [0.2, 0.25) is 0 Å². The average molecular weight is 720 g/mol. The summed E-state index contributed by atoms with van der Waals surface area (Å²) >= 11 is 0. The van der Waals surface area contributed by atoms with E-state index >= 15 is 0 Å². The van der Waals surface area contributed by atoms with E-state index in [1.165, 1.54) is 0 Å². The fraction of sp³-hybridized carbons (Fsp3) is 0.929. The Bertz CT molecular complexity index is 1070. The van der Waals surface area contributed by atoms with Gasteiger partial charge in [0, 0.05) is 0 Å². The van der Waals surface area contributed by atoms with Gasteiger partial charge >= 0.3 is 96.1 Å². The van der Waals surface area contributed by atoms with E-state index in [4.69, 9.17) is 0 Å². The molecule has 0 saturated carbocycles. The summed E-state index contributed by atoms with van der Waals surface area (Å²) < 4.78 is 354. The molecule has 0 aromatic heterocycles. The molecule has 30 heteroatoms. The smallest absolute Gasteiger partial charge is 0.544 e. The minimum Gasteiger partial charge on any atom is -0.544 e. The topological polar surface area (TPSA) is 40.1 Å². The standard InChI is InChI=1S/C14HF27O2.Li/c15-2(16,1(42)43)3(17,18)4(19,20)5(21,22)6(23,24)7(25,26)8(27,28)9(29,30)10(31,32)11(33,34)12(35,36)13(37,38)14(39,40)41;/h(H,42,43);/q;+1/p-1. The van der Waals surface area contributed by atoms with Gasteiger partial charge in [0.25, 0.3) is 0 Å². The molecule has 0 bridgehead atoms. The van der Waals surface area contributed by atoms with Crippen molar-refractivity contribution in [3.63, 3.8) is 0 Å². The Hall–Kier alpha value is -1.82. The maximum atomic E-state index is 13.5. The molecule has 0 radical (unpaired) electrons. The SMILES string of the molecule is O=C([O-])C(F)(F)C(F)(F)C(F)(F)C(F)(F)C(F)(F)C(F)(F)C(F)(F)C(F)(F)C(F)(F)C(F)(F)C(F)(F)C(F)(F)C(F)(F)F.[Li+]. The van der Waals surface area contributed by atoms with E-state index in [0.29, 0.717) is 0 Å². The fourth-order valence-corrected chi connectivity index (χ4v) is 2.28. The van der Waals surface area contributed by atoms with Crippen LogP contribution >= 0.6 is 0 Å². The molecule has 0 aromatic rings. The van der Waals surface area contributed by atoms with Crippen LogP contribution in [-0.2, 0) is 4.79 Å². The molecule has 0 saturated heterocycles. The molecular formula is C14F27LiO2. The van der Waals surface area contributed by atoms with Gasteiger partial charge in [-0.25, -0.2) is 0 Å². The number of alkyl halides is 27. The molecule has 0 aliphatic heterocycles. The van der Waals surface area contributed by atoms with Gasteiger partial charge in [-0.05, 0) is 0 Å².